The van der Waals surface area contributed by atoms with Crippen LogP contribution in [-0.4, -0.2) is 28.6 Å². The van der Waals surface area contributed by atoms with E-state index in [1.54, 1.807) is 0 Å². The highest BCUT2D eigenvalue weighted by Crippen LogP contribution is 2.04. The summed E-state index contributed by atoms with van der Waals surface area (Å²) in [7, 11) is 0. The van der Waals surface area contributed by atoms with Crippen molar-refractivity contribution >= 4 is 5.91 Å². The van der Waals surface area contributed by atoms with Gasteiger partial charge in [0.05, 0.1) is 6.04 Å². The molecule has 16 heavy (non-hydrogen) atoms. The van der Waals surface area contributed by atoms with Crippen LogP contribution >= 0.6 is 0 Å². The number of nitrogens with one attached hydrogen (secondary N) is 1. The molecule has 0 fully saturated rings. The van der Waals surface area contributed by atoms with Crippen LogP contribution in [0, 0.1) is 5.92 Å². The lowest BCUT2D eigenvalue weighted by atomic mass is 9.99. The summed E-state index contributed by atoms with van der Waals surface area (Å²) in [6.45, 7) is 4.43. The molecule has 6 heteroatoms. The summed E-state index contributed by atoms with van der Waals surface area (Å²) < 4.78 is 4.80. The van der Waals surface area contributed by atoms with Crippen molar-refractivity contribution in [1.29, 1.82) is 0 Å². The summed E-state index contributed by atoms with van der Waals surface area (Å²) in [5.74, 6) is 0.565. The van der Waals surface area contributed by atoms with Crippen molar-refractivity contribution in [3.63, 3.8) is 0 Å². The molecule has 0 bridgehead atoms. The molecule has 0 saturated carbocycles. The molecule has 2 atom stereocenters. The van der Waals surface area contributed by atoms with Crippen LogP contribution in [-0.2, 0) is 11.2 Å². The third-order valence-electron chi connectivity index (χ3n) is 2.60. The van der Waals surface area contributed by atoms with Gasteiger partial charge in [0.2, 0.25) is 11.8 Å². The van der Waals surface area contributed by atoms with Gasteiger partial charge in [-0.05, 0) is 5.92 Å². The summed E-state index contributed by atoms with van der Waals surface area (Å²) in [5.41, 5.74) is 5.77. The number of nitrogens with zero attached hydrogens (tertiary/aromatic N) is 2. The molecule has 1 heterocycles. The highest BCUT2D eigenvalue weighted by Gasteiger charge is 2.18. The average Bonchev–Trinajstić information content (AvgIpc) is 2.79. The number of hydrogen-bond donors (Lipinski definition) is 2. The van der Waals surface area contributed by atoms with E-state index in [0.717, 1.165) is 6.42 Å². The Morgan fingerprint density at radius 2 is 2.44 bits per heavy atom. The molecule has 1 rings (SSSR count). The number of amides is 1. The summed E-state index contributed by atoms with van der Waals surface area (Å²) in [6, 6.07) is -0.451. The Kier molecular flexibility index (Phi) is 4.91. The molecule has 0 spiro atoms. The van der Waals surface area contributed by atoms with E-state index in [9.17, 15) is 4.79 Å². The molecule has 0 aliphatic carbocycles. The minimum absolute atomic E-state index is 0.131. The van der Waals surface area contributed by atoms with Crippen molar-refractivity contribution in [2.45, 2.75) is 32.7 Å². The Balaban J connectivity index is 2.24. The fraction of sp³-hybridized carbons (Fsp3) is 0.700. The highest BCUT2D eigenvalue weighted by molar-refractivity contribution is 5.81. The molecule has 0 radical (unpaired) electrons. The molecule has 1 amide bonds. The van der Waals surface area contributed by atoms with Crippen molar-refractivity contribution in [3.8, 4) is 0 Å². The number of carbonyl (C=O) groups is 1. The van der Waals surface area contributed by atoms with E-state index in [1.165, 1.54) is 6.33 Å². The van der Waals surface area contributed by atoms with Gasteiger partial charge in [-0.15, -0.1) is 0 Å². The molecule has 0 aliphatic heterocycles. The quantitative estimate of drug-likeness (QED) is 0.717. The predicted molar refractivity (Wildman–Crippen MR) is 58.4 cm³/mol. The number of aromatic nitrogens is 2. The van der Waals surface area contributed by atoms with E-state index < -0.39 is 6.04 Å². The van der Waals surface area contributed by atoms with Gasteiger partial charge in [-0.2, -0.15) is 4.98 Å². The lowest BCUT2D eigenvalue weighted by Crippen LogP contribution is -2.45. The SMILES string of the molecule is CCC(C)[C@H](N)C(=O)NCCc1ncno1. The van der Waals surface area contributed by atoms with Gasteiger partial charge < -0.3 is 15.6 Å². The van der Waals surface area contributed by atoms with Crippen molar-refractivity contribution in [2.24, 2.45) is 11.7 Å². The first-order valence-corrected chi connectivity index (χ1v) is 5.44. The van der Waals surface area contributed by atoms with Gasteiger partial charge in [-0.25, -0.2) is 0 Å². The molecule has 1 unspecified atom stereocenters. The van der Waals surface area contributed by atoms with Crippen molar-refractivity contribution in [3.05, 3.63) is 12.2 Å². The summed E-state index contributed by atoms with van der Waals surface area (Å²) >= 11 is 0. The number of carbonyl (C=O) groups excluding carboxylic acids is 1. The average molecular weight is 226 g/mol. The zero-order chi connectivity index (χ0) is 12.0. The fourth-order valence-corrected chi connectivity index (χ4v) is 1.23. The monoisotopic (exact) mass is 226 g/mol. The fourth-order valence-electron chi connectivity index (χ4n) is 1.23. The molecule has 0 saturated heterocycles. The van der Waals surface area contributed by atoms with Crippen LogP contribution in [0.5, 0.6) is 0 Å². The van der Waals surface area contributed by atoms with E-state index in [2.05, 4.69) is 15.5 Å². The van der Waals surface area contributed by atoms with Gasteiger partial charge in [0.1, 0.15) is 0 Å². The Hall–Kier alpha value is -1.43. The lowest BCUT2D eigenvalue weighted by Gasteiger charge is -2.17. The van der Waals surface area contributed by atoms with Gasteiger partial charge in [0.25, 0.3) is 0 Å². The van der Waals surface area contributed by atoms with Gasteiger partial charge in [0.15, 0.2) is 6.33 Å². The van der Waals surface area contributed by atoms with Crippen molar-refractivity contribution < 1.29 is 9.32 Å². The van der Waals surface area contributed by atoms with Crippen LogP contribution in [0.2, 0.25) is 0 Å². The van der Waals surface area contributed by atoms with E-state index in [1.807, 2.05) is 13.8 Å². The molecule has 1 aromatic heterocycles. The zero-order valence-corrected chi connectivity index (χ0v) is 9.64. The third kappa shape index (κ3) is 3.62. The van der Waals surface area contributed by atoms with E-state index >= 15 is 0 Å². The van der Waals surface area contributed by atoms with Crippen LogP contribution in [0.1, 0.15) is 26.2 Å². The first-order chi connectivity index (χ1) is 7.65. The van der Waals surface area contributed by atoms with Gasteiger partial charge in [-0.1, -0.05) is 25.4 Å². The normalized spacial score (nSPS) is 14.4. The third-order valence-corrected chi connectivity index (χ3v) is 2.60. The summed E-state index contributed by atoms with van der Waals surface area (Å²) in [6.07, 6.45) is 2.75. The molecule has 3 N–H and O–H groups in total. The second kappa shape index (κ2) is 6.22. The maximum Gasteiger partial charge on any atom is 0.237 e. The zero-order valence-electron chi connectivity index (χ0n) is 9.64. The molecular formula is C10H18N4O2. The first-order valence-electron chi connectivity index (χ1n) is 5.44. The number of hydrogen-bond acceptors (Lipinski definition) is 5. The minimum atomic E-state index is -0.451. The predicted octanol–water partition coefficient (Wildman–Crippen LogP) is 0.102. The maximum absolute atomic E-state index is 11.6. The molecule has 0 aromatic carbocycles. The number of rotatable bonds is 6. The van der Waals surface area contributed by atoms with E-state index in [0.29, 0.717) is 18.9 Å². The maximum atomic E-state index is 11.6. The van der Waals surface area contributed by atoms with Gasteiger partial charge >= 0.3 is 0 Å². The Bertz CT molecular complexity index is 313. The molecule has 6 nitrogen and oxygen atoms in total. The molecule has 1 aromatic rings. The van der Waals surface area contributed by atoms with E-state index in [-0.39, 0.29) is 11.8 Å². The summed E-state index contributed by atoms with van der Waals surface area (Å²) in [4.78, 5) is 15.4. The molecule has 0 aliphatic rings. The van der Waals surface area contributed by atoms with Gasteiger partial charge in [0, 0.05) is 13.0 Å². The standard InChI is InChI=1S/C10H18N4O2/c1-3-7(2)9(11)10(15)12-5-4-8-13-6-14-16-8/h6-7,9H,3-5,11H2,1-2H3,(H,12,15)/t7?,9-/m0/s1. The largest absolute Gasteiger partial charge is 0.354 e. The molecule has 90 valence electrons. The second-order valence-electron chi connectivity index (χ2n) is 3.79. The first kappa shape index (κ1) is 12.6. The summed E-state index contributed by atoms with van der Waals surface area (Å²) in [5, 5.41) is 6.22. The Morgan fingerprint density at radius 1 is 1.69 bits per heavy atom. The van der Waals surface area contributed by atoms with Crippen LogP contribution in [0.4, 0.5) is 0 Å². The second-order valence-corrected chi connectivity index (χ2v) is 3.79. The van der Waals surface area contributed by atoms with Crippen LogP contribution < -0.4 is 11.1 Å². The van der Waals surface area contributed by atoms with Crippen molar-refractivity contribution in [1.82, 2.24) is 15.5 Å². The Labute approximate surface area is 94.6 Å². The lowest BCUT2D eigenvalue weighted by molar-refractivity contribution is -0.123. The topological polar surface area (TPSA) is 94.0 Å². The van der Waals surface area contributed by atoms with Crippen LogP contribution in [0.15, 0.2) is 10.9 Å². The van der Waals surface area contributed by atoms with Gasteiger partial charge in [-0.3, -0.25) is 4.79 Å². The van der Waals surface area contributed by atoms with Crippen LogP contribution in [0.3, 0.4) is 0 Å². The molecular weight excluding hydrogens is 208 g/mol. The smallest absolute Gasteiger partial charge is 0.237 e. The van der Waals surface area contributed by atoms with E-state index in [4.69, 9.17) is 10.3 Å². The van der Waals surface area contributed by atoms with Crippen LogP contribution in [0.25, 0.3) is 0 Å². The minimum Gasteiger partial charge on any atom is -0.354 e. The Morgan fingerprint density at radius 3 is 3.00 bits per heavy atom. The number of nitrogens with two attached hydrogens (primary N) is 1. The highest BCUT2D eigenvalue weighted by atomic mass is 16.5. The van der Waals surface area contributed by atoms with Crippen molar-refractivity contribution in [2.75, 3.05) is 6.54 Å².